The third-order valence-electron chi connectivity index (χ3n) is 7.91. The van der Waals surface area contributed by atoms with Gasteiger partial charge in [-0.1, -0.05) is 17.7 Å². The molecule has 0 unspecified atom stereocenters. The summed E-state index contributed by atoms with van der Waals surface area (Å²) in [6.45, 7) is 3.97. The number of rotatable bonds is 6. The molecule has 0 saturated carbocycles. The molecule has 0 radical (unpaired) electrons. The fourth-order valence-electron chi connectivity index (χ4n) is 5.30. The van der Waals surface area contributed by atoms with Crippen LogP contribution in [0, 0.1) is 0 Å². The Balaban J connectivity index is 1.23. The lowest BCUT2D eigenvalue weighted by Gasteiger charge is -2.34. The number of anilines is 4. The van der Waals surface area contributed by atoms with Crippen LogP contribution in [-0.4, -0.2) is 58.6 Å². The van der Waals surface area contributed by atoms with Crippen molar-refractivity contribution in [3.8, 4) is 11.1 Å². The van der Waals surface area contributed by atoms with Gasteiger partial charge in [-0.05, 0) is 73.8 Å². The van der Waals surface area contributed by atoms with E-state index in [2.05, 4.69) is 49.6 Å². The van der Waals surface area contributed by atoms with Crippen molar-refractivity contribution in [2.24, 2.45) is 7.05 Å². The summed E-state index contributed by atoms with van der Waals surface area (Å²) in [5.74, 6) is -0.423. The number of carbonyl (C=O) groups is 1. The van der Waals surface area contributed by atoms with Crippen LogP contribution in [0.4, 0.5) is 36.2 Å². The molecular weight excluding hydrogens is 619 g/mol. The van der Waals surface area contributed by atoms with E-state index in [4.69, 9.17) is 11.6 Å². The number of alkyl halides is 3. The topological polar surface area (TPSA) is 95.4 Å². The average Bonchev–Trinajstić information content (AvgIpc) is 3.04. The van der Waals surface area contributed by atoms with E-state index in [1.54, 1.807) is 19.3 Å². The minimum atomic E-state index is -4.59. The molecule has 1 amide bonds. The van der Waals surface area contributed by atoms with E-state index >= 15 is 0 Å². The highest BCUT2D eigenvalue weighted by atomic mass is 35.5. The number of fused-ring (bicyclic) bond motifs is 1. The molecule has 0 atom stereocenters. The number of hydrogen-bond donors (Lipinski definition) is 2. The number of aryl methyl sites for hydroxylation is 1. The summed E-state index contributed by atoms with van der Waals surface area (Å²) in [5.41, 5.74) is 1.66. The first-order valence-corrected chi connectivity index (χ1v) is 14.8. The van der Waals surface area contributed by atoms with Crippen molar-refractivity contribution in [3.63, 3.8) is 0 Å². The molecule has 46 heavy (non-hydrogen) atoms. The summed E-state index contributed by atoms with van der Waals surface area (Å²) < 4.78 is 40.8. The van der Waals surface area contributed by atoms with Crippen molar-refractivity contribution in [2.75, 3.05) is 48.8 Å². The standard InChI is InChI=1S/C33H29ClF3N7O2/c1-42-12-14-44(15-13-42)25-9-6-23(7-10-25)40-32-38-19-21-17-27(31(46)43(2)29(21)41-32)26-18-24(8-11-28(26)34)39-30(45)20-4-3-5-22(16-20)33(35,36)37/h3-11,16-19H,12-15H2,1-2H3,(H,39,45)(H,38,40,41). The van der Waals surface area contributed by atoms with Gasteiger partial charge in [0.2, 0.25) is 5.95 Å². The zero-order valence-electron chi connectivity index (χ0n) is 24.9. The predicted molar refractivity (Wildman–Crippen MR) is 174 cm³/mol. The molecule has 0 aliphatic carbocycles. The second kappa shape index (κ2) is 12.5. The summed E-state index contributed by atoms with van der Waals surface area (Å²) in [7, 11) is 3.71. The highest BCUT2D eigenvalue weighted by Crippen LogP contribution is 2.32. The van der Waals surface area contributed by atoms with Crippen LogP contribution in [0.25, 0.3) is 22.2 Å². The van der Waals surface area contributed by atoms with Gasteiger partial charge < -0.3 is 20.4 Å². The second-order valence-corrected chi connectivity index (χ2v) is 11.5. The van der Waals surface area contributed by atoms with E-state index in [1.165, 1.54) is 28.8 Å². The van der Waals surface area contributed by atoms with Crippen LogP contribution in [0.5, 0.6) is 0 Å². The van der Waals surface area contributed by atoms with Gasteiger partial charge in [-0.15, -0.1) is 0 Å². The van der Waals surface area contributed by atoms with Crippen LogP contribution < -0.4 is 21.1 Å². The molecule has 1 fully saturated rings. The molecule has 9 nitrogen and oxygen atoms in total. The number of hydrogen-bond acceptors (Lipinski definition) is 7. The SMILES string of the molecule is CN1CCN(c2ccc(Nc3ncc4cc(-c5cc(NC(=O)c6cccc(C(F)(F)F)c6)ccc5Cl)c(=O)n(C)c4n3)cc2)CC1. The van der Waals surface area contributed by atoms with E-state index in [1.807, 2.05) is 12.1 Å². The Bertz CT molecular complexity index is 1990. The van der Waals surface area contributed by atoms with Gasteiger partial charge in [0, 0.05) is 83.6 Å². The Hall–Kier alpha value is -4.94. The van der Waals surface area contributed by atoms with Gasteiger partial charge >= 0.3 is 6.18 Å². The Labute approximate surface area is 267 Å². The number of pyridine rings is 1. The molecule has 1 aliphatic rings. The van der Waals surface area contributed by atoms with Gasteiger partial charge in [-0.3, -0.25) is 14.2 Å². The quantitative estimate of drug-likeness (QED) is 0.220. The first-order chi connectivity index (χ1) is 22.0. The zero-order chi connectivity index (χ0) is 32.6. The molecule has 13 heteroatoms. The molecule has 2 N–H and O–H groups in total. The number of piperazine rings is 1. The van der Waals surface area contributed by atoms with Crippen LogP contribution in [0.1, 0.15) is 15.9 Å². The van der Waals surface area contributed by atoms with Crippen molar-refractivity contribution >= 4 is 51.6 Å². The minimum Gasteiger partial charge on any atom is -0.369 e. The first-order valence-electron chi connectivity index (χ1n) is 14.4. The average molecular weight is 648 g/mol. The molecule has 1 saturated heterocycles. The number of nitrogens with zero attached hydrogens (tertiary/aromatic N) is 5. The Morgan fingerprint density at radius 1 is 0.891 bits per heavy atom. The number of aromatic nitrogens is 3. The molecule has 5 aromatic rings. The van der Waals surface area contributed by atoms with E-state index in [9.17, 15) is 22.8 Å². The molecule has 3 aromatic carbocycles. The van der Waals surface area contributed by atoms with Crippen molar-refractivity contribution in [2.45, 2.75) is 6.18 Å². The summed E-state index contributed by atoms with van der Waals surface area (Å²) >= 11 is 6.48. The Morgan fingerprint density at radius 3 is 2.33 bits per heavy atom. The van der Waals surface area contributed by atoms with Crippen molar-refractivity contribution in [1.82, 2.24) is 19.4 Å². The molecule has 6 rings (SSSR count). The van der Waals surface area contributed by atoms with Gasteiger partial charge in [0.25, 0.3) is 11.5 Å². The van der Waals surface area contributed by atoms with Gasteiger partial charge in [-0.2, -0.15) is 18.2 Å². The number of carbonyl (C=O) groups excluding carboxylic acids is 1. The Kier molecular flexibility index (Phi) is 8.41. The van der Waals surface area contributed by atoms with Crippen LogP contribution >= 0.6 is 11.6 Å². The van der Waals surface area contributed by atoms with Crippen LogP contribution in [0.3, 0.4) is 0 Å². The highest BCUT2D eigenvalue weighted by molar-refractivity contribution is 6.33. The summed E-state index contributed by atoms with van der Waals surface area (Å²) in [6.07, 6.45) is -2.99. The summed E-state index contributed by atoms with van der Waals surface area (Å²) in [4.78, 5) is 40.0. The maximum atomic E-state index is 13.5. The van der Waals surface area contributed by atoms with Gasteiger partial charge in [0.15, 0.2) is 0 Å². The molecular formula is C33H29ClF3N7O2. The van der Waals surface area contributed by atoms with Crippen molar-refractivity contribution in [3.05, 3.63) is 105 Å². The zero-order valence-corrected chi connectivity index (χ0v) is 25.7. The highest BCUT2D eigenvalue weighted by Gasteiger charge is 2.31. The fraction of sp³-hybridized carbons (Fsp3) is 0.212. The lowest BCUT2D eigenvalue weighted by atomic mass is 10.0. The number of amides is 1. The van der Waals surface area contributed by atoms with Crippen LogP contribution in [0.15, 0.2) is 83.8 Å². The number of halogens is 4. The molecule has 0 spiro atoms. The fourth-order valence-corrected chi connectivity index (χ4v) is 5.52. The van der Waals surface area contributed by atoms with Gasteiger partial charge in [0.1, 0.15) is 5.65 Å². The molecule has 1 aliphatic heterocycles. The maximum absolute atomic E-state index is 13.5. The third kappa shape index (κ3) is 6.53. The normalized spacial score (nSPS) is 14.0. The van der Waals surface area contributed by atoms with E-state index in [0.29, 0.717) is 22.5 Å². The smallest absolute Gasteiger partial charge is 0.369 e. The number of likely N-dealkylation sites (N-methyl/N-ethyl adjacent to an activating group) is 1. The van der Waals surface area contributed by atoms with Crippen LogP contribution in [-0.2, 0) is 13.2 Å². The van der Waals surface area contributed by atoms with Crippen molar-refractivity contribution in [1.29, 1.82) is 0 Å². The van der Waals surface area contributed by atoms with E-state index in [-0.39, 0.29) is 21.8 Å². The number of nitrogens with one attached hydrogen (secondary N) is 2. The lowest BCUT2D eigenvalue weighted by Crippen LogP contribution is -2.44. The number of benzene rings is 3. The first kappa shape index (κ1) is 31.1. The molecule has 236 valence electrons. The monoisotopic (exact) mass is 647 g/mol. The molecule has 3 heterocycles. The summed E-state index contributed by atoms with van der Waals surface area (Å²) in [6, 6.07) is 18.3. The maximum Gasteiger partial charge on any atom is 0.416 e. The Morgan fingerprint density at radius 2 is 1.61 bits per heavy atom. The summed E-state index contributed by atoms with van der Waals surface area (Å²) in [5, 5.41) is 6.60. The van der Waals surface area contributed by atoms with Gasteiger partial charge in [0.05, 0.1) is 5.56 Å². The van der Waals surface area contributed by atoms with E-state index in [0.717, 1.165) is 55.8 Å². The minimum absolute atomic E-state index is 0.166. The molecule has 0 bridgehead atoms. The molecule has 2 aromatic heterocycles. The third-order valence-corrected chi connectivity index (χ3v) is 8.24. The largest absolute Gasteiger partial charge is 0.416 e. The van der Waals surface area contributed by atoms with Gasteiger partial charge in [-0.25, -0.2) is 4.98 Å². The van der Waals surface area contributed by atoms with Crippen molar-refractivity contribution < 1.29 is 18.0 Å². The lowest BCUT2D eigenvalue weighted by molar-refractivity contribution is -0.137. The predicted octanol–water partition coefficient (Wildman–Crippen LogP) is 6.42. The second-order valence-electron chi connectivity index (χ2n) is 11.1. The van der Waals surface area contributed by atoms with E-state index < -0.39 is 23.2 Å². The van der Waals surface area contributed by atoms with Crippen LogP contribution in [0.2, 0.25) is 5.02 Å².